The first kappa shape index (κ1) is 12.1. The van der Waals surface area contributed by atoms with Gasteiger partial charge in [0.05, 0.1) is 0 Å². The van der Waals surface area contributed by atoms with E-state index in [2.05, 4.69) is 20.7 Å². The van der Waals surface area contributed by atoms with Crippen LogP contribution in [0.15, 0.2) is 10.6 Å². The van der Waals surface area contributed by atoms with Crippen LogP contribution in [0.5, 0.6) is 0 Å². The van der Waals surface area contributed by atoms with Crippen LogP contribution in [0.4, 0.5) is 5.82 Å². The minimum absolute atomic E-state index is 0.0168. The van der Waals surface area contributed by atoms with Crippen LogP contribution in [-0.4, -0.2) is 48.7 Å². The lowest BCUT2D eigenvalue weighted by molar-refractivity contribution is -0.116. The molecule has 0 aliphatic carbocycles. The zero-order valence-electron chi connectivity index (χ0n) is 10.0. The number of aromatic nitrogens is 1. The van der Waals surface area contributed by atoms with Crippen molar-refractivity contribution in [3.8, 4) is 0 Å². The Kier molecular flexibility index (Phi) is 4.11. The number of carbonyl (C=O) groups is 1. The second-order valence-electron chi connectivity index (χ2n) is 4.21. The smallest absolute Gasteiger partial charge is 0.226 e. The molecule has 2 N–H and O–H groups in total. The molecule has 0 atom stereocenters. The van der Waals surface area contributed by atoms with Gasteiger partial charge >= 0.3 is 0 Å². The number of rotatable bonds is 4. The number of hydrogen-bond acceptors (Lipinski definition) is 5. The van der Waals surface area contributed by atoms with Gasteiger partial charge < -0.3 is 20.1 Å². The summed E-state index contributed by atoms with van der Waals surface area (Å²) in [5, 5.41) is 9.72. The highest BCUT2D eigenvalue weighted by molar-refractivity contribution is 5.89. The van der Waals surface area contributed by atoms with Crippen molar-refractivity contribution >= 4 is 11.7 Å². The fourth-order valence-electron chi connectivity index (χ4n) is 1.83. The minimum atomic E-state index is -0.0168. The van der Waals surface area contributed by atoms with E-state index in [1.807, 2.05) is 0 Å². The summed E-state index contributed by atoms with van der Waals surface area (Å²) in [5.74, 6) is 1.17. The molecule has 1 aromatic rings. The summed E-state index contributed by atoms with van der Waals surface area (Å²) in [4.78, 5) is 13.9. The number of amides is 1. The van der Waals surface area contributed by atoms with E-state index in [1.54, 1.807) is 13.0 Å². The second kappa shape index (κ2) is 5.79. The second-order valence-corrected chi connectivity index (χ2v) is 4.21. The normalized spacial score (nSPS) is 17.0. The number of aryl methyl sites for hydroxylation is 1. The number of anilines is 1. The van der Waals surface area contributed by atoms with Crippen molar-refractivity contribution in [2.24, 2.45) is 0 Å². The molecule has 6 nitrogen and oxygen atoms in total. The molecule has 0 unspecified atom stereocenters. The maximum absolute atomic E-state index is 11.6. The average Bonchev–Trinajstić information content (AvgIpc) is 2.73. The number of nitrogens with one attached hydrogen (secondary N) is 2. The summed E-state index contributed by atoms with van der Waals surface area (Å²) in [5.41, 5.74) is 0. The zero-order chi connectivity index (χ0) is 12.1. The van der Waals surface area contributed by atoms with E-state index in [9.17, 15) is 4.79 Å². The summed E-state index contributed by atoms with van der Waals surface area (Å²) in [6.45, 7) is 6.62. The summed E-state index contributed by atoms with van der Waals surface area (Å²) in [6, 6.07) is 1.71. The van der Waals surface area contributed by atoms with Crippen LogP contribution in [0.3, 0.4) is 0 Å². The third-order valence-electron chi connectivity index (χ3n) is 2.76. The van der Waals surface area contributed by atoms with Crippen LogP contribution in [0.25, 0.3) is 0 Å². The maximum Gasteiger partial charge on any atom is 0.226 e. The summed E-state index contributed by atoms with van der Waals surface area (Å²) >= 11 is 0. The molecular formula is C11H18N4O2. The van der Waals surface area contributed by atoms with Gasteiger partial charge in [0.1, 0.15) is 5.76 Å². The lowest BCUT2D eigenvalue weighted by Gasteiger charge is -2.26. The minimum Gasteiger partial charge on any atom is -0.360 e. The molecule has 1 aliphatic heterocycles. The predicted octanol–water partition coefficient (Wildman–Crippen LogP) is 0.217. The molecule has 0 bridgehead atoms. The predicted molar refractivity (Wildman–Crippen MR) is 63.8 cm³/mol. The molecule has 0 saturated carbocycles. The van der Waals surface area contributed by atoms with Crippen molar-refractivity contribution in [3.05, 3.63) is 11.8 Å². The Morgan fingerprint density at radius 2 is 2.35 bits per heavy atom. The highest BCUT2D eigenvalue weighted by Gasteiger charge is 2.12. The molecule has 2 rings (SSSR count). The van der Waals surface area contributed by atoms with Gasteiger partial charge in [-0.1, -0.05) is 5.16 Å². The maximum atomic E-state index is 11.6. The fourth-order valence-corrected chi connectivity index (χ4v) is 1.83. The Bertz CT molecular complexity index is 371. The van der Waals surface area contributed by atoms with E-state index < -0.39 is 0 Å². The first-order valence-electron chi connectivity index (χ1n) is 5.90. The molecule has 94 valence electrons. The fraction of sp³-hybridized carbons (Fsp3) is 0.636. The SMILES string of the molecule is Cc1cc(NC(=O)CCN2CCNCC2)no1. The first-order chi connectivity index (χ1) is 8.24. The Balaban J connectivity index is 1.70. The van der Waals surface area contributed by atoms with E-state index in [1.165, 1.54) is 0 Å². The molecule has 1 amide bonds. The van der Waals surface area contributed by atoms with Crippen LogP contribution >= 0.6 is 0 Å². The van der Waals surface area contributed by atoms with E-state index in [0.29, 0.717) is 18.0 Å². The third kappa shape index (κ3) is 3.83. The largest absolute Gasteiger partial charge is 0.360 e. The molecular weight excluding hydrogens is 220 g/mol. The van der Waals surface area contributed by atoms with E-state index in [-0.39, 0.29) is 5.91 Å². The van der Waals surface area contributed by atoms with Crippen molar-refractivity contribution in [3.63, 3.8) is 0 Å². The first-order valence-corrected chi connectivity index (χ1v) is 5.90. The van der Waals surface area contributed by atoms with Crippen LogP contribution < -0.4 is 10.6 Å². The quantitative estimate of drug-likeness (QED) is 0.785. The molecule has 1 fully saturated rings. The standard InChI is InChI=1S/C11H18N4O2/c1-9-8-10(14-17-9)13-11(16)2-5-15-6-3-12-4-7-15/h8,12H,2-7H2,1H3,(H,13,14,16). The number of nitrogens with zero attached hydrogens (tertiary/aromatic N) is 2. The Hall–Kier alpha value is -1.40. The number of hydrogen-bond donors (Lipinski definition) is 2. The van der Waals surface area contributed by atoms with E-state index >= 15 is 0 Å². The monoisotopic (exact) mass is 238 g/mol. The third-order valence-corrected chi connectivity index (χ3v) is 2.76. The van der Waals surface area contributed by atoms with Gasteiger partial charge in [-0.25, -0.2) is 0 Å². The van der Waals surface area contributed by atoms with Crippen molar-refractivity contribution in [1.82, 2.24) is 15.4 Å². The molecule has 0 radical (unpaired) electrons. The van der Waals surface area contributed by atoms with Gasteiger partial charge in [0.15, 0.2) is 5.82 Å². The van der Waals surface area contributed by atoms with Crippen LogP contribution in [0.1, 0.15) is 12.2 Å². The van der Waals surface area contributed by atoms with Gasteiger partial charge in [0.2, 0.25) is 5.91 Å². The van der Waals surface area contributed by atoms with Gasteiger partial charge in [-0.15, -0.1) is 0 Å². The summed E-state index contributed by atoms with van der Waals surface area (Å²) in [6.07, 6.45) is 0.492. The molecule has 0 spiro atoms. The van der Waals surface area contributed by atoms with E-state index in [4.69, 9.17) is 4.52 Å². The Morgan fingerprint density at radius 1 is 1.59 bits per heavy atom. The molecule has 1 aliphatic rings. The Morgan fingerprint density at radius 3 is 3.00 bits per heavy atom. The van der Waals surface area contributed by atoms with Gasteiger partial charge in [-0.05, 0) is 6.92 Å². The average molecular weight is 238 g/mol. The van der Waals surface area contributed by atoms with Gasteiger partial charge in [0.25, 0.3) is 0 Å². The number of piperazine rings is 1. The summed E-state index contributed by atoms with van der Waals surface area (Å²) in [7, 11) is 0. The highest BCUT2D eigenvalue weighted by Crippen LogP contribution is 2.07. The van der Waals surface area contributed by atoms with Gasteiger partial charge in [-0.2, -0.15) is 0 Å². The molecule has 6 heteroatoms. The van der Waals surface area contributed by atoms with Crippen LogP contribution in [0.2, 0.25) is 0 Å². The molecule has 0 aromatic carbocycles. The number of carbonyl (C=O) groups excluding carboxylic acids is 1. The molecule has 1 aromatic heterocycles. The van der Waals surface area contributed by atoms with Crippen molar-refractivity contribution < 1.29 is 9.32 Å². The van der Waals surface area contributed by atoms with Crippen molar-refractivity contribution in [1.29, 1.82) is 0 Å². The van der Waals surface area contributed by atoms with Crippen LogP contribution in [0, 0.1) is 6.92 Å². The van der Waals surface area contributed by atoms with Crippen LogP contribution in [-0.2, 0) is 4.79 Å². The molecule has 17 heavy (non-hydrogen) atoms. The zero-order valence-corrected chi connectivity index (χ0v) is 10.0. The topological polar surface area (TPSA) is 70.4 Å². The summed E-state index contributed by atoms with van der Waals surface area (Å²) < 4.78 is 4.88. The van der Waals surface area contributed by atoms with Crippen molar-refractivity contribution in [2.75, 3.05) is 38.0 Å². The van der Waals surface area contributed by atoms with Gasteiger partial charge in [-0.3, -0.25) is 4.79 Å². The molecule has 1 saturated heterocycles. The molecule has 2 heterocycles. The highest BCUT2D eigenvalue weighted by atomic mass is 16.5. The van der Waals surface area contributed by atoms with E-state index in [0.717, 1.165) is 32.7 Å². The lowest BCUT2D eigenvalue weighted by Crippen LogP contribution is -2.44. The Labute approximate surface area is 100 Å². The van der Waals surface area contributed by atoms with Crippen molar-refractivity contribution in [2.45, 2.75) is 13.3 Å². The lowest BCUT2D eigenvalue weighted by atomic mass is 10.3. The van der Waals surface area contributed by atoms with Gasteiger partial charge in [0, 0.05) is 45.2 Å².